The van der Waals surface area contributed by atoms with Crippen LogP contribution in [0.2, 0.25) is 0 Å². The fourth-order valence-electron chi connectivity index (χ4n) is 2.70. The van der Waals surface area contributed by atoms with Gasteiger partial charge in [-0.2, -0.15) is 0 Å². The molecule has 19 heavy (non-hydrogen) atoms. The second kappa shape index (κ2) is 3.68. The Balaban J connectivity index is 1.93. The van der Waals surface area contributed by atoms with Crippen LogP contribution in [-0.4, -0.2) is 15.9 Å². The van der Waals surface area contributed by atoms with Gasteiger partial charge >= 0.3 is 0 Å². The zero-order chi connectivity index (χ0) is 12.8. The first-order chi connectivity index (χ1) is 9.34. The number of pyridine rings is 1. The molecular weight excluding hydrogens is 238 g/mol. The number of aromatic amines is 1. The smallest absolute Gasteiger partial charge is 0.252 e. The fourth-order valence-corrected chi connectivity index (χ4v) is 2.70. The molecule has 0 radical (unpaired) electrons. The molecule has 0 aliphatic carbocycles. The maximum absolute atomic E-state index is 12.0. The molecule has 0 fully saturated rings. The van der Waals surface area contributed by atoms with E-state index in [0.29, 0.717) is 0 Å². The Morgan fingerprint density at radius 2 is 1.95 bits per heavy atom. The maximum Gasteiger partial charge on any atom is 0.252 e. The molecule has 0 bridgehead atoms. The normalized spacial score (nSPS) is 17.5. The van der Waals surface area contributed by atoms with E-state index in [1.807, 2.05) is 42.6 Å². The number of carbonyl (C=O) groups is 1. The van der Waals surface area contributed by atoms with E-state index in [1.165, 1.54) is 0 Å². The Bertz CT molecular complexity index is 791. The van der Waals surface area contributed by atoms with Crippen LogP contribution in [-0.2, 0) is 0 Å². The Morgan fingerprint density at radius 1 is 1.05 bits per heavy atom. The lowest BCUT2D eigenvalue weighted by atomic mass is 9.99. The molecule has 4 heteroatoms. The molecule has 0 saturated heterocycles. The number of nitrogens with zero attached hydrogens (tertiary/aromatic N) is 1. The molecule has 2 aromatic heterocycles. The summed E-state index contributed by atoms with van der Waals surface area (Å²) >= 11 is 0. The van der Waals surface area contributed by atoms with Gasteiger partial charge < -0.3 is 10.3 Å². The number of benzene rings is 1. The summed E-state index contributed by atoms with van der Waals surface area (Å²) in [5, 5.41) is 4.07. The van der Waals surface area contributed by atoms with Crippen molar-refractivity contribution >= 4 is 16.9 Å². The average molecular weight is 249 g/mol. The summed E-state index contributed by atoms with van der Waals surface area (Å²) in [7, 11) is 0. The van der Waals surface area contributed by atoms with E-state index >= 15 is 0 Å². The van der Waals surface area contributed by atoms with Crippen molar-refractivity contribution in [3.8, 4) is 0 Å². The minimum absolute atomic E-state index is 0.0150. The van der Waals surface area contributed by atoms with E-state index in [9.17, 15) is 4.79 Å². The Labute approximate surface area is 109 Å². The van der Waals surface area contributed by atoms with Gasteiger partial charge in [-0.25, -0.2) is 4.98 Å². The number of nitrogens with one attached hydrogen (secondary N) is 2. The van der Waals surface area contributed by atoms with Crippen molar-refractivity contribution in [1.29, 1.82) is 0 Å². The van der Waals surface area contributed by atoms with Crippen LogP contribution in [0.5, 0.6) is 0 Å². The van der Waals surface area contributed by atoms with Crippen molar-refractivity contribution in [3.63, 3.8) is 0 Å². The number of H-pyrrole nitrogens is 1. The Kier molecular flexibility index (Phi) is 2.00. The van der Waals surface area contributed by atoms with E-state index < -0.39 is 0 Å². The van der Waals surface area contributed by atoms with E-state index in [4.69, 9.17) is 0 Å². The van der Waals surface area contributed by atoms with Gasteiger partial charge in [-0.3, -0.25) is 4.79 Å². The lowest BCUT2D eigenvalue weighted by Crippen LogP contribution is -2.19. The number of hydrogen-bond acceptors (Lipinski definition) is 2. The zero-order valence-electron chi connectivity index (χ0n) is 10.1. The highest BCUT2D eigenvalue weighted by atomic mass is 16.2. The first kappa shape index (κ1) is 10.3. The molecule has 92 valence electrons. The molecule has 4 nitrogen and oxygen atoms in total. The van der Waals surface area contributed by atoms with Crippen molar-refractivity contribution in [2.24, 2.45) is 0 Å². The molecule has 1 aliphatic rings. The molecule has 1 unspecified atom stereocenters. The second-order valence-corrected chi connectivity index (χ2v) is 4.64. The van der Waals surface area contributed by atoms with E-state index in [2.05, 4.69) is 15.3 Å². The summed E-state index contributed by atoms with van der Waals surface area (Å²) in [6.07, 6.45) is 3.68. The van der Waals surface area contributed by atoms with Crippen molar-refractivity contribution in [2.45, 2.75) is 6.04 Å². The van der Waals surface area contributed by atoms with Crippen LogP contribution in [0, 0.1) is 0 Å². The van der Waals surface area contributed by atoms with Crippen LogP contribution < -0.4 is 5.32 Å². The van der Waals surface area contributed by atoms with Crippen LogP contribution in [0.15, 0.2) is 48.8 Å². The molecule has 1 atom stereocenters. The highest BCUT2D eigenvalue weighted by Gasteiger charge is 2.30. The fraction of sp³-hybridized carbons (Fsp3) is 0.0667. The zero-order valence-corrected chi connectivity index (χ0v) is 10.1. The van der Waals surface area contributed by atoms with Gasteiger partial charge in [0, 0.05) is 28.9 Å². The standard InChI is InChI=1S/C15H11N3O/c19-15-11-5-2-1-4-9(11)13(18-15)12-8-17-14-10(12)6-3-7-16-14/h1-8,13H,(H,16,17)(H,18,19). The minimum atomic E-state index is -0.0957. The van der Waals surface area contributed by atoms with Gasteiger partial charge in [0.15, 0.2) is 0 Å². The van der Waals surface area contributed by atoms with Crippen LogP contribution in [0.25, 0.3) is 11.0 Å². The molecule has 1 aromatic carbocycles. The van der Waals surface area contributed by atoms with Gasteiger partial charge in [0.25, 0.3) is 5.91 Å². The minimum Gasteiger partial charge on any atom is -0.346 e. The van der Waals surface area contributed by atoms with E-state index in [1.54, 1.807) is 6.20 Å². The summed E-state index contributed by atoms with van der Waals surface area (Å²) in [6.45, 7) is 0. The summed E-state index contributed by atoms with van der Waals surface area (Å²) in [4.78, 5) is 19.4. The highest BCUT2D eigenvalue weighted by molar-refractivity contribution is 6.00. The number of rotatable bonds is 1. The summed E-state index contributed by atoms with van der Waals surface area (Å²) < 4.78 is 0. The summed E-state index contributed by atoms with van der Waals surface area (Å²) in [5.41, 5.74) is 3.68. The molecule has 0 saturated carbocycles. The monoisotopic (exact) mass is 249 g/mol. The number of fused-ring (bicyclic) bond motifs is 2. The predicted octanol–water partition coefficient (Wildman–Crippen LogP) is 2.40. The van der Waals surface area contributed by atoms with Crippen molar-refractivity contribution < 1.29 is 4.79 Å². The molecule has 1 amide bonds. The van der Waals surface area contributed by atoms with Crippen LogP contribution in [0.4, 0.5) is 0 Å². The molecular formula is C15H11N3O. The maximum atomic E-state index is 12.0. The van der Waals surface area contributed by atoms with Gasteiger partial charge in [-0.1, -0.05) is 18.2 Å². The third-order valence-corrected chi connectivity index (χ3v) is 3.59. The van der Waals surface area contributed by atoms with Gasteiger partial charge in [0.2, 0.25) is 0 Å². The van der Waals surface area contributed by atoms with Gasteiger partial charge in [0.05, 0.1) is 6.04 Å². The van der Waals surface area contributed by atoms with Crippen molar-refractivity contribution in [2.75, 3.05) is 0 Å². The van der Waals surface area contributed by atoms with Crippen LogP contribution in [0.1, 0.15) is 27.5 Å². The van der Waals surface area contributed by atoms with E-state index in [-0.39, 0.29) is 11.9 Å². The Morgan fingerprint density at radius 3 is 2.89 bits per heavy atom. The topological polar surface area (TPSA) is 57.8 Å². The molecule has 3 heterocycles. The largest absolute Gasteiger partial charge is 0.346 e. The van der Waals surface area contributed by atoms with Crippen LogP contribution >= 0.6 is 0 Å². The molecule has 4 rings (SSSR count). The average Bonchev–Trinajstić information content (AvgIpc) is 3.01. The van der Waals surface area contributed by atoms with E-state index in [0.717, 1.165) is 27.7 Å². The first-order valence-electron chi connectivity index (χ1n) is 6.16. The van der Waals surface area contributed by atoms with Crippen molar-refractivity contribution in [1.82, 2.24) is 15.3 Å². The van der Waals surface area contributed by atoms with Crippen LogP contribution in [0.3, 0.4) is 0 Å². The van der Waals surface area contributed by atoms with Crippen molar-refractivity contribution in [3.05, 3.63) is 65.5 Å². The first-order valence-corrected chi connectivity index (χ1v) is 6.16. The Hall–Kier alpha value is -2.62. The van der Waals surface area contributed by atoms with Gasteiger partial charge in [0.1, 0.15) is 5.65 Å². The number of aromatic nitrogens is 2. The lowest BCUT2D eigenvalue weighted by molar-refractivity contribution is 0.0960. The number of amides is 1. The van der Waals surface area contributed by atoms with Gasteiger partial charge in [-0.05, 0) is 23.8 Å². The second-order valence-electron chi connectivity index (χ2n) is 4.64. The quantitative estimate of drug-likeness (QED) is 0.695. The molecule has 0 spiro atoms. The lowest BCUT2D eigenvalue weighted by Gasteiger charge is -2.10. The summed E-state index contributed by atoms with van der Waals surface area (Å²) in [6, 6.07) is 11.5. The molecule has 1 aliphatic heterocycles. The van der Waals surface area contributed by atoms with Gasteiger partial charge in [-0.15, -0.1) is 0 Å². The predicted molar refractivity (Wildman–Crippen MR) is 71.8 cm³/mol. The molecule has 2 N–H and O–H groups in total. The summed E-state index contributed by atoms with van der Waals surface area (Å²) in [5.74, 6) is -0.0150. The number of hydrogen-bond donors (Lipinski definition) is 2. The highest BCUT2D eigenvalue weighted by Crippen LogP contribution is 2.33. The third-order valence-electron chi connectivity index (χ3n) is 3.59. The number of carbonyl (C=O) groups excluding carboxylic acids is 1. The molecule has 3 aromatic rings. The third kappa shape index (κ3) is 1.40. The SMILES string of the molecule is O=C1NC(c2c[nH]c3ncccc23)c2ccccc21.